The number of aryl methyl sites for hydroxylation is 2. The number of fused-ring (bicyclic) bond motifs is 1. The van der Waals surface area contributed by atoms with E-state index in [1.165, 1.54) is 4.57 Å². The Balaban J connectivity index is 1.74. The van der Waals surface area contributed by atoms with Gasteiger partial charge in [-0.15, -0.1) is 0 Å². The van der Waals surface area contributed by atoms with Crippen LogP contribution >= 0.6 is 0 Å². The predicted octanol–water partition coefficient (Wildman–Crippen LogP) is 2.06. The van der Waals surface area contributed by atoms with E-state index in [9.17, 15) is 13.2 Å². The molecule has 3 rings (SSSR count). The molecule has 0 fully saturated rings. The summed E-state index contributed by atoms with van der Waals surface area (Å²) in [5.74, 6) is -0.511. The monoisotopic (exact) mass is 346 g/mol. The van der Waals surface area contributed by atoms with Gasteiger partial charge in [-0.3, -0.25) is 4.57 Å². The number of hydrogen-bond donors (Lipinski definition) is 1. The van der Waals surface area contributed by atoms with Gasteiger partial charge in [-0.1, -0.05) is 35.9 Å². The first-order valence-corrected chi connectivity index (χ1v) is 9.11. The summed E-state index contributed by atoms with van der Waals surface area (Å²) in [5.41, 5.74) is 3.64. The van der Waals surface area contributed by atoms with Gasteiger partial charge in [0, 0.05) is 13.6 Å². The lowest BCUT2D eigenvalue weighted by Gasteiger charge is -2.08. The van der Waals surface area contributed by atoms with E-state index < -0.39 is 15.8 Å². The number of hydrogen-bond acceptors (Lipinski definition) is 4. The Hall–Kier alpha value is -2.38. The minimum absolute atomic E-state index is 0.0683. The molecule has 1 aromatic heterocycles. The SMILES string of the molecule is Cc1cccc(CS(=O)(=O)NCc2ccc3oc(=O)n(C)c3c2)c1. The molecular weight excluding hydrogens is 328 g/mol. The summed E-state index contributed by atoms with van der Waals surface area (Å²) in [5, 5.41) is 0. The molecule has 0 saturated carbocycles. The second kappa shape index (κ2) is 6.26. The summed E-state index contributed by atoms with van der Waals surface area (Å²) in [4.78, 5) is 11.5. The van der Waals surface area contributed by atoms with Crippen LogP contribution < -0.4 is 10.5 Å². The lowest BCUT2D eigenvalue weighted by Crippen LogP contribution is -2.24. The van der Waals surface area contributed by atoms with E-state index in [1.54, 1.807) is 31.3 Å². The highest BCUT2D eigenvalue weighted by Crippen LogP contribution is 2.15. The number of sulfonamides is 1. The zero-order valence-electron chi connectivity index (χ0n) is 13.4. The van der Waals surface area contributed by atoms with Crippen LogP contribution in [-0.4, -0.2) is 13.0 Å². The molecule has 24 heavy (non-hydrogen) atoms. The normalized spacial score (nSPS) is 11.9. The van der Waals surface area contributed by atoms with Crippen molar-refractivity contribution in [1.29, 1.82) is 0 Å². The Bertz CT molecular complexity index is 1050. The van der Waals surface area contributed by atoms with Crippen LogP contribution in [-0.2, 0) is 29.4 Å². The summed E-state index contributed by atoms with van der Waals surface area (Å²) in [6, 6.07) is 12.6. The molecule has 0 unspecified atom stereocenters. The topological polar surface area (TPSA) is 81.3 Å². The molecule has 0 aliphatic heterocycles. The van der Waals surface area contributed by atoms with Crippen molar-refractivity contribution in [3.63, 3.8) is 0 Å². The lowest BCUT2D eigenvalue weighted by atomic mass is 10.2. The van der Waals surface area contributed by atoms with E-state index in [1.807, 2.05) is 25.1 Å². The molecule has 0 spiro atoms. The van der Waals surface area contributed by atoms with Crippen molar-refractivity contribution >= 4 is 21.1 Å². The second-order valence-corrected chi connectivity index (χ2v) is 7.61. The number of benzene rings is 2. The third-order valence-corrected chi connectivity index (χ3v) is 5.09. The summed E-state index contributed by atoms with van der Waals surface area (Å²) in [7, 11) is -1.84. The molecule has 0 aliphatic rings. The summed E-state index contributed by atoms with van der Waals surface area (Å²) in [6.07, 6.45) is 0. The first kappa shape index (κ1) is 16.5. The number of nitrogens with zero attached hydrogens (tertiary/aromatic N) is 1. The van der Waals surface area contributed by atoms with E-state index in [-0.39, 0.29) is 12.3 Å². The molecule has 3 aromatic rings. The van der Waals surface area contributed by atoms with Crippen LogP contribution in [0.25, 0.3) is 11.1 Å². The van der Waals surface area contributed by atoms with Gasteiger partial charge >= 0.3 is 5.76 Å². The Kier molecular flexibility index (Phi) is 4.29. The standard InChI is InChI=1S/C17H18N2O4S/c1-12-4-3-5-14(8-12)11-24(21,22)18-10-13-6-7-16-15(9-13)19(2)17(20)23-16/h3-9,18H,10-11H2,1-2H3. The van der Waals surface area contributed by atoms with Crippen molar-refractivity contribution in [2.45, 2.75) is 19.2 Å². The number of aromatic nitrogens is 1. The van der Waals surface area contributed by atoms with Gasteiger partial charge in [-0.2, -0.15) is 0 Å². The van der Waals surface area contributed by atoms with Gasteiger partial charge in [0.25, 0.3) is 0 Å². The molecule has 0 radical (unpaired) electrons. The van der Waals surface area contributed by atoms with Crippen LogP contribution in [0.15, 0.2) is 51.7 Å². The van der Waals surface area contributed by atoms with E-state index >= 15 is 0 Å². The van der Waals surface area contributed by atoms with Crippen LogP contribution in [0.5, 0.6) is 0 Å². The molecule has 1 N–H and O–H groups in total. The van der Waals surface area contributed by atoms with Crippen LogP contribution in [0.3, 0.4) is 0 Å². The zero-order chi connectivity index (χ0) is 17.3. The highest BCUT2D eigenvalue weighted by molar-refractivity contribution is 7.88. The Morgan fingerprint density at radius 3 is 2.67 bits per heavy atom. The molecule has 0 aliphatic carbocycles. The van der Waals surface area contributed by atoms with Crippen molar-refractivity contribution in [1.82, 2.24) is 9.29 Å². The molecular formula is C17H18N2O4S. The molecule has 7 heteroatoms. The van der Waals surface area contributed by atoms with Crippen LogP contribution in [0.4, 0.5) is 0 Å². The molecule has 0 atom stereocenters. The van der Waals surface area contributed by atoms with Crippen molar-refractivity contribution in [3.8, 4) is 0 Å². The van der Waals surface area contributed by atoms with Gasteiger partial charge < -0.3 is 4.42 Å². The van der Waals surface area contributed by atoms with Gasteiger partial charge in [-0.05, 0) is 30.2 Å². The van der Waals surface area contributed by atoms with E-state index in [0.29, 0.717) is 11.1 Å². The van der Waals surface area contributed by atoms with Crippen molar-refractivity contribution < 1.29 is 12.8 Å². The zero-order valence-corrected chi connectivity index (χ0v) is 14.3. The van der Waals surface area contributed by atoms with E-state index in [4.69, 9.17) is 4.42 Å². The maximum absolute atomic E-state index is 12.2. The summed E-state index contributed by atoms with van der Waals surface area (Å²) in [6.45, 7) is 2.08. The van der Waals surface area contributed by atoms with Crippen LogP contribution in [0.1, 0.15) is 16.7 Å². The van der Waals surface area contributed by atoms with Crippen LogP contribution in [0, 0.1) is 6.92 Å². The number of nitrogens with one attached hydrogen (secondary N) is 1. The minimum atomic E-state index is -3.45. The van der Waals surface area contributed by atoms with Gasteiger partial charge in [-0.25, -0.2) is 17.9 Å². The molecule has 126 valence electrons. The first-order valence-electron chi connectivity index (χ1n) is 7.45. The van der Waals surface area contributed by atoms with Crippen molar-refractivity contribution in [3.05, 3.63) is 69.7 Å². The molecule has 1 heterocycles. The molecule has 0 bridgehead atoms. The van der Waals surface area contributed by atoms with Crippen molar-refractivity contribution in [2.75, 3.05) is 0 Å². The smallest absolute Gasteiger partial charge is 0.408 e. The highest BCUT2D eigenvalue weighted by atomic mass is 32.2. The molecule has 6 nitrogen and oxygen atoms in total. The Labute approximate surface area is 139 Å². The molecule has 0 saturated heterocycles. The summed E-state index contributed by atoms with van der Waals surface area (Å²) >= 11 is 0. The maximum atomic E-state index is 12.2. The van der Waals surface area contributed by atoms with Gasteiger partial charge in [0.15, 0.2) is 5.58 Å². The summed E-state index contributed by atoms with van der Waals surface area (Å²) < 4.78 is 33.5. The average Bonchev–Trinajstić information content (AvgIpc) is 2.80. The highest BCUT2D eigenvalue weighted by Gasteiger charge is 2.12. The third-order valence-electron chi connectivity index (χ3n) is 3.79. The minimum Gasteiger partial charge on any atom is -0.408 e. The second-order valence-electron chi connectivity index (χ2n) is 5.80. The third kappa shape index (κ3) is 3.58. The maximum Gasteiger partial charge on any atom is 0.419 e. The average molecular weight is 346 g/mol. The lowest BCUT2D eigenvalue weighted by molar-refractivity contribution is 0.528. The number of rotatable bonds is 5. The Morgan fingerprint density at radius 2 is 1.92 bits per heavy atom. The fourth-order valence-electron chi connectivity index (χ4n) is 2.55. The fraction of sp³-hybridized carbons (Fsp3) is 0.235. The fourth-order valence-corrected chi connectivity index (χ4v) is 3.65. The first-order chi connectivity index (χ1) is 11.3. The van der Waals surface area contributed by atoms with Gasteiger partial charge in [0.2, 0.25) is 10.0 Å². The quantitative estimate of drug-likeness (QED) is 0.767. The van der Waals surface area contributed by atoms with Crippen molar-refractivity contribution in [2.24, 2.45) is 7.05 Å². The van der Waals surface area contributed by atoms with Gasteiger partial charge in [0.05, 0.1) is 11.3 Å². The molecule has 2 aromatic carbocycles. The number of oxazole rings is 1. The van der Waals surface area contributed by atoms with E-state index in [0.717, 1.165) is 16.7 Å². The van der Waals surface area contributed by atoms with Gasteiger partial charge in [0.1, 0.15) is 0 Å². The predicted molar refractivity (Wildman–Crippen MR) is 92.1 cm³/mol. The molecule has 0 amide bonds. The Morgan fingerprint density at radius 1 is 1.12 bits per heavy atom. The van der Waals surface area contributed by atoms with Crippen LogP contribution in [0.2, 0.25) is 0 Å². The largest absolute Gasteiger partial charge is 0.419 e. The van der Waals surface area contributed by atoms with E-state index in [2.05, 4.69) is 4.72 Å².